The van der Waals surface area contributed by atoms with Crippen LogP contribution in [0.3, 0.4) is 0 Å². The summed E-state index contributed by atoms with van der Waals surface area (Å²) in [4.78, 5) is 47.9. The van der Waals surface area contributed by atoms with Gasteiger partial charge in [0, 0.05) is 12.8 Å². The van der Waals surface area contributed by atoms with Gasteiger partial charge in [0.1, 0.15) is 6.04 Å². The minimum atomic E-state index is -1.42. The minimum Gasteiger partial charge on any atom is -0.480 e. The lowest BCUT2D eigenvalue weighted by atomic mass is 10.2. The van der Waals surface area contributed by atoms with Gasteiger partial charge in [0.2, 0.25) is 0 Å². The summed E-state index contributed by atoms with van der Waals surface area (Å²) in [5, 5.41) is 8.76. The predicted octanol–water partition coefficient (Wildman–Crippen LogP) is -1.60. The number of imide groups is 1. The van der Waals surface area contributed by atoms with Crippen molar-refractivity contribution in [3.8, 4) is 0 Å². The summed E-state index contributed by atoms with van der Waals surface area (Å²) in [6.07, 6.45) is -0.638. The van der Waals surface area contributed by atoms with Crippen LogP contribution in [0.2, 0.25) is 0 Å². The number of carbonyl (C=O) groups excluding carboxylic acids is 3. The predicted molar refractivity (Wildman–Crippen MR) is 47.4 cm³/mol. The van der Waals surface area contributed by atoms with Crippen molar-refractivity contribution >= 4 is 23.8 Å². The second-order valence-electron chi connectivity index (χ2n) is 3.19. The van der Waals surface area contributed by atoms with Crippen LogP contribution in [0.5, 0.6) is 0 Å². The highest BCUT2D eigenvalue weighted by Gasteiger charge is 2.33. The van der Waals surface area contributed by atoms with Crippen molar-refractivity contribution in [2.24, 2.45) is 5.73 Å². The van der Waals surface area contributed by atoms with E-state index < -0.39 is 36.2 Å². The quantitative estimate of drug-likeness (QED) is 0.556. The van der Waals surface area contributed by atoms with Crippen molar-refractivity contribution in [3.63, 3.8) is 0 Å². The molecule has 1 heterocycles. The van der Waals surface area contributed by atoms with Gasteiger partial charge in [-0.15, -0.1) is 5.06 Å². The summed E-state index contributed by atoms with van der Waals surface area (Å²) >= 11 is 0. The number of amides is 2. The van der Waals surface area contributed by atoms with Gasteiger partial charge in [0.15, 0.2) is 0 Å². The van der Waals surface area contributed by atoms with Crippen molar-refractivity contribution in [2.75, 3.05) is 0 Å². The van der Waals surface area contributed by atoms with Gasteiger partial charge < -0.3 is 15.7 Å². The molecule has 0 aromatic carbocycles. The van der Waals surface area contributed by atoms with Gasteiger partial charge in [-0.1, -0.05) is 0 Å². The zero-order chi connectivity index (χ0) is 12.3. The maximum Gasteiger partial charge on any atom is 0.335 e. The first-order chi connectivity index (χ1) is 7.41. The van der Waals surface area contributed by atoms with Crippen LogP contribution in [-0.2, 0) is 24.0 Å². The summed E-state index contributed by atoms with van der Waals surface area (Å²) in [5.74, 6) is -3.64. The summed E-state index contributed by atoms with van der Waals surface area (Å²) in [5.41, 5.74) is 5.07. The molecule has 3 N–H and O–H groups in total. The van der Waals surface area contributed by atoms with Crippen LogP contribution < -0.4 is 5.73 Å². The van der Waals surface area contributed by atoms with Gasteiger partial charge >= 0.3 is 11.9 Å². The standard InChI is InChI=1S/C8H10N2O6/c9-4(8(14)15)3-7(13)16-10-5(11)1-2-6(10)12/h4H,1-3,9H2,(H,14,15). The summed E-state index contributed by atoms with van der Waals surface area (Å²) < 4.78 is 0. The molecule has 1 aliphatic rings. The highest BCUT2D eigenvalue weighted by Crippen LogP contribution is 2.12. The van der Waals surface area contributed by atoms with Crippen molar-refractivity contribution in [2.45, 2.75) is 25.3 Å². The molecule has 0 saturated carbocycles. The van der Waals surface area contributed by atoms with E-state index >= 15 is 0 Å². The van der Waals surface area contributed by atoms with E-state index in [9.17, 15) is 19.2 Å². The van der Waals surface area contributed by atoms with E-state index in [1.54, 1.807) is 0 Å². The Kier molecular flexibility index (Phi) is 3.56. The number of nitrogens with two attached hydrogens (primary N) is 1. The molecule has 0 radical (unpaired) electrons. The Bertz CT molecular complexity index is 336. The molecule has 1 aliphatic heterocycles. The van der Waals surface area contributed by atoms with Crippen molar-refractivity contribution in [3.05, 3.63) is 0 Å². The minimum absolute atomic E-state index is 0.0168. The Labute approximate surface area is 89.9 Å². The summed E-state index contributed by atoms with van der Waals surface area (Å²) in [6.45, 7) is 0. The van der Waals surface area contributed by atoms with E-state index in [2.05, 4.69) is 4.84 Å². The lowest BCUT2D eigenvalue weighted by Crippen LogP contribution is -2.37. The van der Waals surface area contributed by atoms with Gasteiger partial charge in [-0.05, 0) is 0 Å². The number of hydrogen-bond donors (Lipinski definition) is 2. The molecule has 0 bridgehead atoms. The second kappa shape index (κ2) is 4.71. The third-order valence-corrected chi connectivity index (χ3v) is 1.90. The Balaban J connectivity index is 2.48. The first-order valence-corrected chi connectivity index (χ1v) is 4.46. The van der Waals surface area contributed by atoms with Crippen LogP contribution in [0.4, 0.5) is 0 Å². The molecule has 1 saturated heterocycles. The fraction of sp³-hybridized carbons (Fsp3) is 0.500. The molecule has 8 heteroatoms. The molecule has 2 amide bonds. The Morgan fingerprint density at radius 3 is 2.31 bits per heavy atom. The smallest absolute Gasteiger partial charge is 0.335 e. The number of aliphatic carboxylic acids is 1. The van der Waals surface area contributed by atoms with Crippen LogP contribution in [0.15, 0.2) is 0 Å². The highest BCUT2D eigenvalue weighted by atomic mass is 16.7. The van der Waals surface area contributed by atoms with Crippen molar-refractivity contribution in [1.82, 2.24) is 5.06 Å². The number of carbonyl (C=O) groups is 4. The van der Waals surface area contributed by atoms with E-state index in [0.29, 0.717) is 5.06 Å². The number of carboxylic acid groups (broad SMARTS) is 1. The Morgan fingerprint density at radius 1 is 1.38 bits per heavy atom. The first kappa shape index (κ1) is 12.1. The van der Waals surface area contributed by atoms with Crippen LogP contribution >= 0.6 is 0 Å². The number of nitrogens with zero attached hydrogens (tertiary/aromatic N) is 1. The van der Waals surface area contributed by atoms with E-state index in [0.717, 1.165) is 0 Å². The number of hydrogen-bond acceptors (Lipinski definition) is 6. The molecular weight excluding hydrogens is 220 g/mol. The normalized spacial score (nSPS) is 17.4. The maximum absolute atomic E-state index is 11.1. The third-order valence-electron chi connectivity index (χ3n) is 1.90. The molecule has 0 aromatic heterocycles. The molecule has 8 nitrogen and oxygen atoms in total. The molecule has 1 atom stereocenters. The Hall–Kier alpha value is -1.96. The monoisotopic (exact) mass is 230 g/mol. The van der Waals surface area contributed by atoms with Crippen molar-refractivity contribution < 1.29 is 29.1 Å². The van der Waals surface area contributed by atoms with Gasteiger partial charge in [0.25, 0.3) is 11.8 Å². The third kappa shape index (κ3) is 2.76. The molecule has 0 aromatic rings. The van der Waals surface area contributed by atoms with Crippen LogP contribution in [0.25, 0.3) is 0 Å². The molecule has 0 spiro atoms. The van der Waals surface area contributed by atoms with Crippen LogP contribution in [-0.4, -0.2) is 40.0 Å². The van der Waals surface area contributed by atoms with Gasteiger partial charge in [0.05, 0.1) is 6.42 Å². The van der Waals surface area contributed by atoms with E-state index in [-0.39, 0.29) is 12.8 Å². The van der Waals surface area contributed by atoms with Gasteiger partial charge in [-0.2, -0.15) is 0 Å². The molecule has 88 valence electrons. The average Bonchev–Trinajstić information content (AvgIpc) is 2.49. The second-order valence-corrected chi connectivity index (χ2v) is 3.19. The number of hydroxylamine groups is 2. The molecular formula is C8H10N2O6. The van der Waals surface area contributed by atoms with Gasteiger partial charge in [-0.3, -0.25) is 14.4 Å². The zero-order valence-electron chi connectivity index (χ0n) is 8.21. The van der Waals surface area contributed by atoms with E-state index in [1.165, 1.54) is 0 Å². The van der Waals surface area contributed by atoms with Crippen molar-refractivity contribution in [1.29, 1.82) is 0 Å². The number of rotatable bonds is 4. The molecule has 0 aliphatic carbocycles. The zero-order valence-corrected chi connectivity index (χ0v) is 8.21. The lowest BCUT2D eigenvalue weighted by Gasteiger charge is -2.13. The fourth-order valence-corrected chi connectivity index (χ4v) is 1.06. The largest absolute Gasteiger partial charge is 0.480 e. The number of carboxylic acids is 1. The van der Waals surface area contributed by atoms with E-state index in [4.69, 9.17) is 10.8 Å². The maximum atomic E-state index is 11.1. The van der Waals surface area contributed by atoms with Gasteiger partial charge in [-0.25, -0.2) is 4.79 Å². The first-order valence-electron chi connectivity index (χ1n) is 4.46. The molecule has 1 unspecified atom stereocenters. The topological polar surface area (TPSA) is 127 Å². The fourth-order valence-electron chi connectivity index (χ4n) is 1.06. The SMILES string of the molecule is NC(CC(=O)ON1C(=O)CCC1=O)C(=O)O. The average molecular weight is 230 g/mol. The molecule has 16 heavy (non-hydrogen) atoms. The highest BCUT2D eigenvalue weighted by molar-refractivity contribution is 6.01. The van der Waals surface area contributed by atoms with Crippen LogP contribution in [0.1, 0.15) is 19.3 Å². The molecule has 1 rings (SSSR count). The lowest BCUT2D eigenvalue weighted by molar-refractivity contribution is -0.197. The molecule has 1 fully saturated rings. The van der Waals surface area contributed by atoms with Crippen LogP contribution in [0, 0.1) is 0 Å². The summed E-state index contributed by atoms with van der Waals surface area (Å²) in [7, 11) is 0. The van der Waals surface area contributed by atoms with E-state index in [1.807, 2.05) is 0 Å². The Morgan fingerprint density at radius 2 is 1.88 bits per heavy atom. The summed E-state index contributed by atoms with van der Waals surface area (Å²) in [6, 6.07) is -1.42.